The number of rotatable bonds is 5. The van der Waals surface area contributed by atoms with Gasteiger partial charge in [-0.25, -0.2) is 9.18 Å². The summed E-state index contributed by atoms with van der Waals surface area (Å²) in [5.74, 6) is -1.14. The van der Waals surface area contributed by atoms with E-state index in [4.69, 9.17) is 15.2 Å². The van der Waals surface area contributed by atoms with Crippen molar-refractivity contribution in [2.45, 2.75) is 19.4 Å². The van der Waals surface area contributed by atoms with E-state index in [1.165, 1.54) is 12.1 Å². The van der Waals surface area contributed by atoms with E-state index in [9.17, 15) is 9.18 Å². The number of hydrogen-bond donors (Lipinski definition) is 1. The fourth-order valence-corrected chi connectivity index (χ4v) is 1.29. The maximum atomic E-state index is 13.0. The number of methoxy groups -OCH3 is 1. The zero-order valence-corrected chi connectivity index (χ0v) is 9.90. The Kier molecular flexibility index (Phi) is 4.90. The number of nitrogens with two attached hydrogens (primary N) is 1. The fourth-order valence-electron chi connectivity index (χ4n) is 1.29. The lowest BCUT2D eigenvalue weighted by atomic mass is 10.2. The topological polar surface area (TPSA) is 61.5 Å². The van der Waals surface area contributed by atoms with Crippen LogP contribution in [-0.4, -0.2) is 25.8 Å². The van der Waals surface area contributed by atoms with Crippen molar-refractivity contribution in [3.63, 3.8) is 0 Å². The van der Waals surface area contributed by atoms with Crippen LogP contribution in [-0.2, 0) is 9.47 Å². The second kappa shape index (κ2) is 6.20. The molecule has 0 fully saturated rings. The molecule has 0 heterocycles. The van der Waals surface area contributed by atoms with Gasteiger partial charge in [-0.15, -0.1) is 0 Å². The molecule has 1 rings (SSSR count). The molecular formula is C12H16FNO3. The minimum atomic E-state index is -0.620. The Morgan fingerprint density at radius 2 is 2.24 bits per heavy atom. The molecule has 0 bridgehead atoms. The van der Waals surface area contributed by atoms with Crippen molar-refractivity contribution in [1.29, 1.82) is 0 Å². The maximum Gasteiger partial charge on any atom is 0.340 e. The predicted molar refractivity (Wildman–Crippen MR) is 62.2 cm³/mol. The van der Waals surface area contributed by atoms with E-state index in [1.807, 2.05) is 0 Å². The Morgan fingerprint density at radius 1 is 1.53 bits per heavy atom. The second-order valence-electron chi connectivity index (χ2n) is 3.73. The number of carbonyl (C=O) groups excluding carboxylic acids is 1. The molecule has 0 amide bonds. The highest BCUT2D eigenvalue weighted by atomic mass is 19.1. The van der Waals surface area contributed by atoms with Crippen molar-refractivity contribution in [2.75, 3.05) is 19.5 Å². The van der Waals surface area contributed by atoms with E-state index in [0.29, 0.717) is 13.0 Å². The van der Waals surface area contributed by atoms with E-state index in [0.717, 1.165) is 6.07 Å². The van der Waals surface area contributed by atoms with Crippen molar-refractivity contribution >= 4 is 11.7 Å². The quantitative estimate of drug-likeness (QED) is 0.632. The first kappa shape index (κ1) is 13.4. The van der Waals surface area contributed by atoms with Crippen LogP contribution in [0.25, 0.3) is 0 Å². The number of esters is 1. The Bertz CT molecular complexity index is 395. The number of hydrogen-bond acceptors (Lipinski definition) is 4. The molecule has 0 aliphatic carbocycles. The molecular weight excluding hydrogens is 225 g/mol. The summed E-state index contributed by atoms with van der Waals surface area (Å²) in [4.78, 5) is 11.7. The van der Waals surface area contributed by atoms with Gasteiger partial charge in [0.1, 0.15) is 11.9 Å². The summed E-state index contributed by atoms with van der Waals surface area (Å²) in [6.07, 6.45) is 0.280. The van der Waals surface area contributed by atoms with Crippen LogP contribution in [0.2, 0.25) is 0 Å². The Labute approximate surface area is 99.5 Å². The summed E-state index contributed by atoms with van der Waals surface area (Å²) < 4.78 is 22.9. The SMILES string of the molecule is COCCC(C)OC(=O)c1cc(F)ccc1N. The van der Waals surface area contributed by atoms with Crippen molar-refractivity contribution in [1.82, 2.24) is 0 Å². The van der Waals surface area contributed by atoms with E-state index >= 15 is 0 Å². The van der Waals surface area contributed by atoms with E-state index in [2.05, 4.69) is 0 Å². The van der Waals surface area contributed by atoms with Gasteiger partial charge < -0.3 is 15.2 Å². The van der Waals surface area contributed by atoms with Gasteiger partial charge in [-0.05, 0) is 25.1 Å². The van der Waals surface area contributed by atoms with Crippen molar-refractivity contribution in [2.24, 2.45) is 0 Å². The van der Waals surface area contributed by atoms with Gasteiger partial charge in [-0.1, -0.05) is 0 Å². The summed E-state index contributed by atoms with van der Waals surface area (Å²) in [5.41, 5.74) is 5.83. The van der Waals surface area contributed by atoms with Gasteiger partial charge >= 0.3 is 5.97 Å². The first-order valence-corrected chi connectivity index (χ1v) is 5.29. The molecule has 0 aliphatic heterocycles. The summed E-state index contributed by atoms with van der Waals surface area (Å²) in [6.45, 7) is 2.24. The predicted octanol–water partition coefficient (Wildman–Crippen LogP) is 1.99. The van der Waals surface area contributed by atoms with Gasteiger partial charge in [0.25, 0.3) is 0 Å². The Morgan fingerprint density at radius 3 is 2.88 bits per heavy atom. The molecule has 1 unspecified atom stereocenters. The van der Waals surface area contributed by atoms with Crippen LogP contribution in [0.15, 0.2) is 18.2 Å². The molecule has 17 heavy (non-hydrogen) atoms. The van der Waals surface area contributed by atoms with Crippen molar-refractivity contribution in [3.05, 3.63) is 29.6 Å². The maximum absolute atomic E-state index is 13.0. The molecule has 0 saturated heterocycles. The van der Waals surface area contributed by atoms with Crippen LogP contribution < -0.4 is 5.73 Å². The third kappa shape index (κ3) is 4.03. The smallest absolute Gasteiger partial charge is 0.340 e. The summed E-state index contributed by atoms with van der Waals surface area (Å²) in [6, 6.07) is 3.60. The minimum Gasteiger partial charge on any atom is -0.459 e. The van der Waals surface area contributed by atoms with Gasteiger partial charge in [0, 0.05) is 25.8 Å². The molecule has 5 heteroatoms. The van der Waals surface area contributed by atoms with Crippen LogP contribution in [0.4, 0.5) is 10.1 Å². The normalized spacial score (nSPS) is 12.2. The molecule has 2 N–H and O–H groups in total. The second-order valence-corrected chi connectivity index (χ2v) is 3.73. The molecule has 0 aliphatic rings. The van der Waals surface area contributed by atoms with Crippen molar-refractivity contribution < 1.29 is 18.7 Å². The molecule has 4 nitrogen and oxygen atoms in total. The van der Waals surface area contributed by atoms with E-state index in [1.54, 1.807) is 14.0 Å². The zero-order chi connectivity index (χ0) is 12.8. The number of halogens is 1. The van der Waals surface area contributed by atoms with Crippen LogP contribution in [0, 0.1) is 5.82 Å². The number of benzene rings is 1. The summed E-state index contributed by atoms with van der Waals surface area (Å²) in [7, 11) is 1.57. The number of ether oxygens (including phenoxy) is 2. The molecule has 1 aromatic rings. The lowest BCUT2D eigenvalue weighted by molar-refractivity contribution is 0.0267. The standard InChI is InChI=1S/C12H16FNO3/c1-8(5-6-16-2)17-12(15)10-7-9(13)3-4-11(10)14/h3-4,7-8H,5-6,14H2,1-2H3. The third-order valence-electron chi connectivity index (χ3n) is 2.27. The third-order valence-corrected chi connectivity index (χ3v) is 2.27. The molecule has 0 radical (unpaired) electrons. The average Bonchev–Trinajstić information content (AvgIpc) is 2.29. The highest BCUT2D eigenvalue weighted by molar-refractivity contribution is 5.95. The van der Waals surface area contributed by atoms with Gasteiger partial charge in [0.2, 0.25) is 0 Å². The molecule has 1 aromatic carbocycles. The Hall–Kier alpha value is -1.62. The fraction of sp³-hybridized carbons (Fsp3) is 0.417. The first-order valence-electron chi connectivity index (χ1n) is 5.29. The van der Waals surface area contributed by atoms with Crippen LogP contribution in [0.3, 0.4) is 0 Å². The number of carbonyl (C=O) groups is 1. The van der Waals surface area contributed by atoms with Gasteiger partial charge in [-0.3, -0.25) is 0 Å². The monoisotopic (exact) mass is 241 g/mol. The zero-order valence-electron chi connectivity index (χ0n) is 9.90. The molecule has 94 valence electrons. The van der Waals surface area contributed by atoms with Crippen LogP contribution in [0.5, 0.6) is 0 Å². The highest BCUT2D eigenvalue weighted by Crippen LogP contribution is 2.15. The summed E-state index contributed by atoms with van der Waals surface area (Å²) >= 11 is 0. The molecule has 1 atom stereocenters. The Balaban J connectivity index is 2.66. The van der Waals surface area contributed by atoms with Gasteiger partial charge in [0.05, 0.1) is 5.56 Å². The highest BCUT2D eigenvalue weighted by Gasteiger charge is 2.15. The first-order chi connectivity index (χ1) is 8.04. The molecule has 0 saturated carbocycles. The van der Waals surface area contributed by atoms with Crippen LogP contribution >= 0.6 is 0 Å². The van der Waals surface area contributed by atoms with Crippen molar-refractivity contribution in [3.8, 4) is 0 Å². The lowest BCUT2D eigenvalue weighted by Gasteiger charge is -2.13. The number of nitrogen functional groups attached to an aromatic ring is 1. The average molecular weight is 241 g/mol. The van der Waals surface area contributed by atoms with Crippen LogP contribution in [0.1, 0.15) is 23.7 Å². The van der Waals surface area contributed by atoms with Gasteiger partial charge in [-0.2, -0.15) is 0 Å². The molecule has 0 aromatic heterocycles. The number of anilines is 1. The van der Waals surface area contributed by atoms with Gasteiger partial charge in [0.15, 0.2) is 0 Å². The lowest BCUT2D eigenvalue weighted by Crippen LogP contribution is -2.18. The summed E-state index contributed by atoms with van der Waals surface area (Å²) in [5, 5.41) is 0. The van der Waals surface area contributed by atoms with E-state index in [-0.39, 0.29) is 17.4 Å². The largest absolute Gasteiger partial charge is 0.459 e. The van der Waals surface area contributed by atoms with E-state index < -0.39 is 11.8 Å². The minimum absolute atomic E-state index is 0.0502. The molecule has 0 spiro atoms.